The van der Waals surface area contributed by atoms with E-state index >= 15 is 0 Å². The fourth-order valence-corrected chi connectivity index (χ4v) is 1.85. The molecule has 0 spiro atoms. The number of hydrogen-bond acceptors (Lipinski definition) is 7. The molecule has 0 saturated heterocycles. The van der Waals surface area contributed by atoms with E-state index in [-0.39, 0.29) is 11.6 Å². The van der Waals surface area contributed by atoms with Crippen molar-refractivity contribution >= 4 is 11.4 Å². The molecular formula is C12H10N6O3. The number of non-ortho nitro benzene ring substituents is 1. The molecule has 1 aromatic carbocycles. The van der Waals surface area contributed by atoms with Crippen molar-refractivity contribution in [1.82, 2.24) is 19.7 Å². The van der Waals surface area contributed by atoms with Crippen LogP contribution in [-0.4, -0.2) is 24.6 Å². The Bertz CT molecular complexity index is 822. The van der Waals surface area contributed by atoms with Crippen LogP contribution in [0.3, 0.4) is 0 Å². The van der Waals surface area contributed by atoms with E-state index < -0.39 is 4.92 Å². The molecule has 0 atom stereocenters. The van der Waals surface area contributed by atoms with Gasteiger partial charge in [-0.05, 0) is 6.07 Å². The third-order valence-corrected chi connectivity index (χ3v) is 2.95. The summed E-state index contributed by atoms with van der Waals surface area (Å²) in [5.74, 6) is 0.448. The Kier molecular flexibility index (Phi) is 2.87. The quantitative estimate of drug-likeness (QED) is 0.440. The van der Waals surface area contributed by atoms with Gasteiger partial charge >= 0.3 is 0 Å². The first kappa shape index (κ1) is 12.8. The molecule has 2 aromatic heterocycles. The summed E-state index contributed by atoms with van der Waals surface area (Å²) >= 11 is 0. The number of imidazole rings is 1. The second kappa shape index (κ2) is 4.71. The van der Waals surface area contributed by atoms with E-state index in [0.717, 1.165) is 0 Å². The summed E-state index contributed by atoms with van der Waals surface area (Å²) in [5.41, 5.74) is 7.02. The number of aryl methyl sites for hydroxylation is 1. The van der Waals surface area contributed by atoms with E-state index in [4.69, 9.17) is 10.3 Å². The van der Waals surface area contributed by atoms with Gasteiger partial charge < -0.3 is 14.8 Å². The Morgan fingerprint density at radius 2 is 2.24 bits per heavy atom. The zero-order valence-electron chi connectivity index (χ0n) is 10.9. The van der Waals surface area contributed by atoms with Crippen molar-refractivity contribution in [3.05, 3.63) is 40.8 Å². The highest BCUT2D eigenvalue weighted by molar-refractivity contribution is 5.73. The highest BCUT2D eigenvalue weighted by atomic mass is 16.6. The summed E-state index contributed by atoms with van der Waals surface area (Å²) in [7, 11) is 1.79. The minimum absolute atomic E-state index is 0.0977. The van der Waals surface area contributed by atoms with Gasteiger partial charge in [-0.15, -0.1) is 0 Å². The number of nitro benzene ring substituents is 1. The topological polar surface area (TPSA) is 126 Å². The van der Waals surface area contributed by atoms with Gasteiger partial charge in [0.1, 0.15) is 5.69 Å². The normalized spacial score (nSPS) is 10.7. The lowest BCUT2D eigenvalue weighted by atomic mass is 10.1. The third kappa shape index (κ3) is 2.20. The number of benzene rings is 1. The molecule has 106 valence electrons. The average molecular weight is 286 g/mol. The van der Waals surface area contributed by atoms with Crippen LogP contribution in [-0.2, 0) is 7.05 Å². The minimum Gasteiger partial charge on any atom is -0.398 e. The smallest absolute Gasteiger partial charge is 0.270 e. The van der Waals surface area contributed by atoms with Crippen molar-refractivity contribution in [1.29, 1.82) is 0 Å². The van der Waals surface area contributed by atoms with Crippen LogP contribution >= 0.6 is 0 Å². The van der Waals surface area contributed by atoms with Gasteiger partial charge in [-0.2, -0.15) is 4.98 Å². The van der Waals surface area contributed by atoms with Crippen molar-refractivity contribution in [3.8, 4) is 23.0 Å². The van der Waals surface area contributed by atoms with Crippen LogP contribution in [0.25, 0.3) is 23.0 Å². The van der Waals surface area contributed by atoms with Gasteiger partial charge in [0.15, 0.2) is 0 Å². The van der Waals surface area contributed by atoms with Gasteiger partial charge in [-0.3, -0.25) is 10.1 Å². The molecule has 2 N–H and O–H groups in total. The molecule has 0 amide bonds. The number of rotatable bonds is 3. The molecule has 0 aliphatic heterocycles. The fourth-order valence-electron chi connectivity index (χ4n) is 1.85. The van der Waals surface area contributed by atoms with E-state index in [2.05, 4.69) is 15.1 Å². The Morgan fingerprint density at radius 3 is 2.90 bits per heavy atom. The second-order valence-electron chi connectivity index (χ2n) is 4.34. The van der Waals surface area contributed by atoms with E-state index in [1.54, 1.807) is 24.1 Å². The van der Waals surface area contributed by atoms with Gasteiger partial charge in [0.2, 0.25) is 5.82 Å². The Labute approximate surface area is 118 Å². The van der Waals surface area contributed by atoms with Crippen molar-refractivity contribution in [2.24, 2.45) is 7.05 Å². The maximum Gasteiger partial charge on any atom is 0.270 e. The summed E-state index contributed by atoms with van der Waals surface area (Å²) in [6.07, 6.45) is 3.19. The van der Waals surface area contributed by atoms with E-state index in [0.29, 0.717) is 22.8 Å². The number of nitrogen functional groups attached to an aromatic ring is 1. The van der Waals surface area contributed by atoms with Crippen molar-refractivity contribution in [2.75, 3.05) is 5.73 Å². The molecule has 0 fully saturated rings. The summed E-state index contributed by atoms with van der Waals surface area (Å²) in [4.78, 5) is 18.5. The third-order valence-electron chi connectivity index (χ3n) is 2.95. The average Bonchev–Trinajstić information content (AvgIpc) is 3.07. The largest absolute Gasteiger partial charge is 0.398 e. The summed E-state index contributed by atoms with van der Waals surface area (Å²) < 4.78 is 6.87. The molecule has 3 aromatic rings. The van der Waals surface area contributed by atoms with Crippen LogP contribution in [0.5, 0.6) is 0 Å². The van der Waals surface area contributed by atoms with Gasteiger partial charge in [-0.25, -0.2) is 4.98 Å². The molecule has 2 heterocycles. The van der Waals surface area contributed by atoms with Crippen LogP contribution in [0.2, 0.25) is 0 Å². The summed E-state index contributed by atoms with van der Waals surface area (Å²) in [6.45, 7) is 0. The predicted octanol–water partition coefficient (Wildman–Crippen LogP) is 1.63. The lowest BCUT2D eigenvalue weighted by molar-refractivity contribution is -0.384. The summed E-state index contributed by atoms with van der Waals surface area (Å²) in [5, 5.41) is 14.7. The molecule has 3 rings (SSSR count). The standard InChI is InChI=1S/C12H10N6O3/c1-17-6-14-5-10(17)11-15-12(21-16-11)8-4-7(18(19)20)2-3-9(8)13/h2-6H,13H2,1H3. The van der Waals surface area contributed by atoms with Gasteiger partial charge in [0.25, 0.3) is 11.6 Å². The minimum atomic E-state index is -0.513. The van der Waals surface area contributed by atoms with Gasteiger partial charge in [0, 0.05) is 24.9 Å². The number of hydrogen-bond donors (Lipinski definition) is 1. The van der Waals surface area contributed by atoms with Crippen LogP contribution in [0.1, 0.15) is 0 Å². The maximum absolute atomic E-state index is 10.8. The lowest BCUT2D eigenvalue weighted by Crippen LogP contribution is -1.94. The van der Waals surface area contributed by atoms with E-state index in [1.807, 2.05) is 0 Å². The molecule has 0 aliphatic rings. The molecular weight excluding hydrogens is 276 g/mol. The van der Waals surface area contributed by atoms with E-state index in [1.165, 1.54) is 18.2 Å². The molecule has 0 bridgehead atoms. The fraction of sp³-hybridized carbons (Fsp3) is 0.0833. The molecule has 9 nitrogen and oxygen atoms in total. The Balaban J connectivity index is 2.06. The molecule has 0 aliphatic carbocycles. The number of aromatic nitrogens is 4. The Morgan fingerprint density at radius 1 is 1.43 bits per heavy atom. The molecule has 0 saturated carbocycles. The monoisotopic (exact) mass is 286 g/mol. The summed E-state index contributed by atoms with van der Waals surface area (Å²) in [6, 6.07) is 4.05. The van der Waals surface area contributed by atoms with Crippen molar-refractivity contribution < 1.29 is 9.45 Å². The van der Waals surface area contributed by atoms with Crippen molar-refractivity contribution in [3.63, 3.8) is 0 Å². The van der Waals surface area contributed by atoms with Crippen LogP contribution in [0.15, 0.2) is 35.2 Å². The highest BCUT2D eigenvalue weighted by Crippen LogP contribution is 2.29. The van der Waals surface area contributed by atoms with E-state index in [9.17, 15) is 10.1 Å². The molecule has 9 heteroatoms. The number of nitro groups is 1. The van der Waals surface area contributed by atoms with Gasteiger partial charge in [-0.1, -0.05) is 5.16 Å². The van der Waals surface area contributed by atoms with Crippen LogP contribution in [0.4, 0.5) is 11.4 Å². The van der Waals surface area contributed by atoms with Crippen LogP contribution < -0.4 is 5.73 Å². The maximum atomic E-state index is 10.8. The first-order valence-corrected chi connectivity index (χ1v) is 5.91. The zero-order valence-corrected chi connectivity index (χ0v) is 10.9. The molecule has 0 unspecified atom stereocenters. The first-order chi connectivity index (χ1) is 10.1. The molecule has 0 radical (unpaired) electrons. The van der Waals surface area contributed by atoms with Gasteiger partial charge in [0.05, 0.1) is 23.0 Å². The number of anilines is 1. The second-order valence-corrected chi connectivity index (χ2v) is 4.34. The van der Waals surface area contributed by atoms with Crippen molar-refractivity contribution in [2.45, 2.75) is 0 Å². The highest BCUT2D eigenvalue weighted by Gasteiger charge is 2.18. The predicted molar refractivity (Wildman–Crippen MR) is 73.0 cm³/mol. The van der Waals surface area contributed by atoms with Crippen LogP contribution in [0, 0.1) is 10.1 Å². The SMILES string of the molecule is Cn1cncc1-c1noc(-c2cc([N+](=O)[O-])ccc2N)n1. The number of nitrogens with two attached hydrogens (primary N) is 1. The number of nitrogens with zero attached hydrogens (tertiary/aromatic N) is 5. The Hall–Kier alpha value is -3.23. The molecule has 21 heavy (non-hydrogen) atoms. The zero-order chi connectivity index (χ0) is 15.0. The lowest BCUT2D eigenvalue weighted by Gasteiger charge is -1.99. The first-order valence-electron chi connectivity index (χ1n) is 5.91.